The molecule has 1 heterocycles. The molecule has 3 rings (SSSR count). The Labute approximate surface area is 182 Å². The van der Waals surface area contributed by atoms with Crippen LogP contribution in [0.25, 0.3) is 0 Å². The van der Waals surface area contributed by atoms with Gasteiger partial charge in [-0.1, -0.05) is 37.3 Å². The van der Waals surface area contributed by atoms with Crippen LogP contribution in [0.3, 0.4) is 0 Å². The Morgan fingerprint density at radius 2 is 1.94 bits per heavy atom. The van der Waals surface area contributed by atoms with Crippen LogP contribution in [0.1, 0.15) is 33.4 Å². The van der Waals surface area contributed by atoms with Crippen molar-refractivity contribution in [2.45, 2.75) is 13.5 Å². The van der Waals surface area contributed by atoms with Crippen LogP contribution in [0.4, 0.5) is 8.78 Å². The van der Waals surface area contributed by atoms with E-state index in [1.54, 1.807) is 0 Å². The lowest BCUT2D eigenvalue weighted by atomic mass is 9.91. The van der Waals surface area contributed by atoms with E-state index in [1.165, 1.54) is 6.07 Å². The Hall–Kier alpha value is -3.75. The van der Waals surface area contributed by atoms with Gasteiger partial charge in [-0.05, 0) is 12.0 Å². The molecule has 1 aliphatic rings. The molecule has 0 spiro atoms. The summed E-state index contributed by atoms with van der Waals surface area (Å²) in [5.41, 5.74) is -1.29. The number of hydrogen-bond acceptors (Lipinski definition) is 6. The summed E-state index contributed by atoms with van der Waals surface area (Å²) >= 11 is 0. The number of rotatable bonds is 7. The largest absolute Gasteiger partial charge is 0.485 e. The zero-order valence-corrected chi connectivity index (χ0v) is 17.4. The third kappa shape index (κ3) is 5.11. The molecular formula is C23H21F2NO6. The van der Waals surface area contributed by atoms with E-state index >= 15 is 0 Å². The second kappa shape index (κ2) is 10.0. The van der Waals surface area contributed by atoms with Crippen molar-refractivity contribution in [2.75, 3.05) is 13.7 Å². The lowest BCUT2D eigenvalue weighted by Crippen LogP contribution is -2.30. The van der Waals surface area contributed by atoms with E-state index in [9.17, 15) is 23.2 Å². The Morgan fingerprint density at radius 3 is 2.62 bits per heavy atom. The van der Waals surface area contributed by atoms with E-state index in [2.05, 4.69) is 10.1 Å². The van der Waals surface area contributed by atoms with Crippen LogP contribution in [-0.2, 0) is 11.3 Å². The van der Waals surface area contributed by atoms with Crippen LogP contribution in [0.2, 0.25) is 0 Å². The van der Waals surface area contributed by atoms with E-state index < -0.39 is 46.0 Å². The van der Waals surface area contributed by atoms with Crippen LogP contribution in [0.15, 0.2) is 58.0 Å². The number of benzene rings is 1. The third-order valence-electron chi connectivity index (χ3n) is 5.00. The molecule has 0 aliphatic heterocycles. The highest BCUT2D eigenvalue weighted by molar-refractivity contribution is 5.95. The highest BCUT2D eigenvalue weighted by atomic mass is 19.1. The number of halogens is 2. The van der Waals surface area contributed by atoms with E-state index in [-0.39, 0.29) is 30.6 Å². The Morgan fingerprint density at radius 1 is 1.19 bits per heavy atom. The van der Waals surface area contributed by atoms with Crippen molar-refractivity contribution >= 4 is 11.9 Å². The zero-order valence-electron chi connectivity index (χ0n) is 17.4. The summed E-state index contributed by atoms with van der Waals surface area (Å²) in [4.78, 5) is 37.5. The van der Waals surface area contributed by atoms with E-state index in [1.807, 2.05) is 31.2 Å². The van der Waals surface area contributed by atoms with Crippen molar-refractivity contribution in [3.63, 3.8) is 0 Å². The van der Waals surface area contributed by atoms with Crippen LogP contribution < -0.4 is 15.5 Å². The van der Waals surface area contributed by atoms with Crippen LogP contribution in [-0.4, -0.2) is 25.6 Å². The topological polar surface area (TPSA) is 94.8 Å². The first kappa shape index (κ1) is 22.9. The molecule has 7 nitrogen and oxygen atoms in total. The van der Waals surface area contributed by atoms with Gasteiger partial charge in [0.1, 0.15) is 23.5 Å². The maximum Gasteiger partial charge on any atom is 0.378 e. The minimum absolute atomic E-state index is 0.0259. The van der Waals surface area contributed by atoms with Crippen molar-refractivity contribution in [3.05, 3.63) is 87.5 Å². The number of hydrogen-bond donors (Lipinski definition) is 1. The number of nitrogens with one attached hydrogen (secondary N) is 1. The molecule has 168 valence electrons. The van der Waals surface area contributed by atoms with E-state index in [0.717, 1.165) is 19.4 Å². The summed E-state index contributed by atoms with van der Waals surface area (Å²) in [5.74, 6) is -4.27. The first-order chi connectivity index (χ1) is 15.3. The average Bonchev–Trinajstić information content (AvgIpc) is 2.77. The fourth-order valence-corrected chi connectivity index (χ4v) is 3.06. The molecule has 1 N–H and O–H groups in total. The average molecular weight is 445 g/mol. The standard InChI is InChI=1S/C23H21F2NO6/c1-13-5-3-4-6-15(13)11-31-20-19(27)17(12-32-21(20)23(29)30-2)22(28)26-10-14-7-8-16(24)9-18(14)25/h3-9,12-13,15H,10-11H2,1-2H3,(H,26,28). The van der Waals surface area contributed by atoms with E-state index in [4.69, 9.17) is 9.15 Å². The monoisotopic (exact) mass is 445 g/mol. The zero-order chi connectivity index (χ0) is 23.3. The summed E-state index contributed by atoms with van der Waals surface area (Å²) in [6.07, 6.45) is 8.41. The number of ether oxygens (including phenoxy) is 2. The van der Waals surface area contributed by atoms with Gasteiger partial charge in [-0.25, -0.2) is 13.6 Å². The van der Waals surface area contributed by atoms with Gasteiger partial charge in [0.25, 0.3) is 11.7 Å². The predicted octanol–water partition coefficient (Wildman–Crippen LogP) is 3.39. The van der Waals surface area contributed by atoms with E-state index in [0.29, 0.717) is 6.07 Å². The molecule has 2 unspecified atom stereocenters. The summed E-state index contributed by atoms with van der Waals surface area (Å²) in [6, 6.07) is 2.91. The van der Waals surface area contributed by atoms with Crippen LogP contribution in [0.5, 0.6) is 5.75 Å². The van der Waals surface area contributed by atoms with Gasteiger partial charge in [-0.15, -0.1) is 0 Å². The van der Waals surface area contributed by atoms with Crippen molar-refractivity contribution in [1.82, 2.24) is 5.32 Å². The Bertz CT molecular complexity index is 1140. The highest BCUT2D eigenvalue weighted by Gasteiger charge is 2.26. The summed E-state index contributed by atoms with van der Waals surface area (Å²) in [5, 5.41) is 2.37. The second-order valence-electron chi connectivity index (χ2n) is 7.15. The van der Waals surface area contributed by atoms with Gasteiger partial charge in [0.05, 0.1) is 13.7 Å². The molecule has 0 saturated carbocycles. The van der Waals surface area contributed by atoms with Crippen LogP contribution in [0, 0.1) is 23.5 Å². The van der Waals surface area contributed by atoms with Gasteiger partial charge in [0, 0.05) is 24.1 Å². The smallest absolute Gasteiger partial charge is 0.378 e. The fourth-order valence-electron chi connectivity index (χ4n) is 3.06. The molecule has 2 atom stereocenters. The van der Waals surface area contributed by atoms with Gasteiger partial charge in [-0.2, -0.15) is 0 Å². The normalized spacial score (nSPS) is 17.1. The van der Waals surface area contributed by atoms with Gasteiger partial charge in [-0.3, -0.25) is 9.59 Å². The summed E-state index contributed by atoms with van der Waals surface area (Å²) < 4.78 is 42.2. The number of methoxy groups -OCH3 is 1. The molecule has 2 aromatic rings. The first-order valence-corrected chi connectivity index (χ1v) is 9.75. The molecule has 32 heavy (non-hydrogen) atoms. The molecule has 0 saturated heterocycles. The Balaban J connectivity index is 1.83. The van der Waals surface area contributed by atoms with Crippen molar-refractivity contribution in [3.8, 4) is 5.75 Å². The molecule has 9 heteroatoms. The third-order valence-corrected chi connectivity index (χ3v) is 5.00. The number of carbonyl (C=O) groups excluding carboxylic acids is 2. The number of allylic oxidation sites excluding steroid dienone is 3. The summed E-state index contributed by atoms with van der Waals surface area (Å²) in [7, 11) is 1.11. The second-order valence-corrected chi connectivity index (χ2v) is 7.15. The minimum Gasteiger partial charge on any atom is -0.485 e. The Kier molecular flexibility index (Phi) is 7.19. The summed E-state index contributed by atoms with van der Waals surface area (Å²) in [6.45, 7) is 1.73. The molecule has 1 aromatic carbocycles. The van der Waals surface area contributed by atoms with Crippen molar-refractivity contribution in [1.29, 1.82) is 0 Å². The molecular weight excluding hydrogens is 424 g/mol. The van der Waals surface area contributed by atoms with Gasteiger partial charge in [0.15, 0.2) is 0 Å². The first-order valence-electron chi connectivity index (χ1n) is 9.75. The van der Waals surface area contributed by atoms with Crippen molar-refractivity contribution < 1.29 is 32.3 Å². The van der Waals surface area contributed by atoms with Gasteiger partial charge >= 0.3 is 5.97 Å². The molecule has 1 aliphatic carbocycles. The predicted molar refractivity (Wildman–Crippen MR) is 110 cm³/mol. The fraction of sp³-hybridized carbons (Fsp3) is 0.261. The molecule has 0 radical (unpaired) electrons. The lowest BCUT2D eigenvalue weighted by Gasteiger charge is -2.20. The van der Waals surface area contributed by atoms with Crippen LogP contribution >= 0.6 is 0 Å². The highest BCUT2D eigenvalue weighted by Crippen LogP contribution is 2.22. The molecule has 1 aromatic heterocycles. The maximum atomic E-state index is 13.8. The van der Waals surface area contributed by atoms with Crippen molar-refractivity contribution in [2.24, 2.45) is 11.8 Å². The molecule has 0 fully saturated rings. The maximum absolute atomic E-state index is 13.8. The van der Waals surface area contributed by atoms with Gasteiger partial charge in [0.2, 0.25) is 11.2 Å². The quantitative estimate of drug-likeness (QED) is 0.657. The molecule has 0 bridgehead atoms. The minimum atomic E-state index is -0.940. The SMILES string of the molecule is COC(=O)c1occ(C(=O)NCc2ccc(F)cc2F)c(=O)c1OCC1C=CC=CC1C. The number of carbonyl (C=O) groups is 2. The van der Waals surface area contributed by atoms with Gasteiger partial charge < -0.3 is 19.2 Å². The molecule has 1 amide bonds. The number of esters is 1. The lowest BCUT2D eigenvalue weighted by molar-refractivity contribution is 0.0551. The number of amides is 1.